The first-order valence-corrected chi connectivity index (χ1v) is 6.91. The summed E-state index contributed by atoms with van der Waals surface area (Å²) in [4.78, 5) is 5.79. The van der Waals surface area contributed by atoms with Crippen molar-refractivity contribution in [2.45, 2.75) is 39.5 Å². The molecule has 0 saturated heterocycles. The Balaban J connectivity index is 2.80. The molecule has 0 amide bonds. The van der Waals surface area contributed by atoms with Gasteiger partial charge in [-0.3, -0.25) is 0 Å². The van der Waals surface area contributed by atoms with Crippen LogP contribution >= 0.6 is 0 Å². The van der Waals surface area contributed by atoms with Gasteiger partial charge in [-0.2, -0.15) is 0 Å². The van der Waals surface area contributed by atoms with Crippen LogP contribution in [0.15, 0.2) is 6.07 Å². The van der Waals surface area contributed by atoms with Crippen LogP contribution in [0, 0.1) is 11.6 Å². The molecule has 108 valence electrons. The van der Waals surface area contributed by atoms with Gasteiger partial charge in [-0.15, -0.1) is 0 Å². The first-order chi connectivity index (χ1) is 9.10. The Morgan fingerprint density at radius 1 is 1.16 bits per heavy atom. The molecule has 1 aromatic rings. The standard InChI is InChI=1S/C14H23F2N3/c1-4-6-7-9-19(3)14-12(16)10-11(15)13(18-14)17-8-5-2/h10H,4-9H2,1-3H3,(H,17,18). The maximum absolute atomic E-state index is 13.7. The summed E-state index contributed by atoms with van der Waals surface area (Å²) < 4.78 is 27.3. The van der Waals surface area contributed by atoms with Crippen LogP contribution in [0.2, 0.25) is 0 Å². The number of anilines is 2. The van der Waals surface area contributed by atoms with Gasteiger partial charge in [0.15, 0.2) is 23.3 Å². The van der Waals surface area contributed by atoms with Crippen LogP contribution in [0.3, 0.4) is 0 Å². The Kier molecular flexibility index (Phi) is 6.53. The molecule has 1 rings (SSSR count). The van der Waals surface area contributed by atoms with E-state index in [2.05, 4.69) is 17.2 Å². The van der Waals surface area contributed by atoms with Gasteiger partial charge in [0.05, 0.1) is 0 Å². The van der Waals surface area contributed by atoms with E-state index < -0.39 is 11.6 Å². The van der Waals surface area contributed by atoms with E-state index in [0.29, 0.717) is 6.54 Å². The van der Waals surface area contributed by atoms with Crippen LogP contribution < -0.4 is 10.2 Å². The van der Waals surface area contributed by atoms with E-state index in [1.165, 1.54) is 0 Å². The van der Waals surface area contributed by atoms with Crippen LogP contribution in [0.4, 0.5) is 20.4 Å². The maximum atomic E-state index is 13.7. The molecule has 0 saturated carbocycles. The molecule has 0 aliphatic carbocycles. The summed E-state index contributed by atoms with van der Waals surface area (Å²) in [6.07, 6.45) is 4.04. The lowest BCUT2D eigenvalue weighted by atomic mass is 10.2. The van der Waals surface area contributed by atoms with Crippen molar-refractivity contribution < 1.29 is 8.78 Å². The smallest absolute Gasteiger partial charge is 0.168 e. The summed E-state index contributed by atoms with van der Waals surface area (Å²) in [6, 6.07) is 0.899. The number of unbranched alkanes of at least 4 members (excludes halogenated alkanes) is 2. The van der Waals surface area contributed by atoms with Gasteiger partial charge < -0.3 is 10.2 Å². The van der Waals surface area contributed by atoms with Gasteiger partial charge >= 0.3 is 0 Å². The maximum Gasteiger partial charge on any atom is 0.168 e. The molecular formula is C14H23F2N3. The Bertz CT molecular complexity index is 397. The molecule has 1 aromatic heterocycles. The number of pyridine rings is 1. The SMILES string of the molecule is CCCCCN(C)c1nc(NCCC)c(F)cc1F. The predicted molar refractivity (Wildman–Crippen MR) is 75.7 cm³/mol. The van der Waals surface area contributed by atoms with Gasteiger partial charge in [-0.25, -0.2) is 13.8 Å². The van der Waals surface area contributed by atoms with Gasteiger partial charge in [0.2, 0.25) is 0 Å². The van der Waals surface area contributed by atoms with Crippen LogP contribution in [-0.4, -0.2) is 25.1 Å². The second kappa shape index (κ2) is 7.92. The number of halogens is 2. The Labute approximate surface area is 114 Å². The second-order valence-electron chi connectivity index (χ2n) is 4.68. The fourth-order valence-electron chi connectivity index (χ4n) is 1.80. The highest BCUT2D eigenvalue weighted by Crippen LogP contribution is 2.21. The fourth-order valence-corrected chi connectivity index (χ4v) is 1.80. The van der Waals surface area contributed by atoms with E-state index in [1.807, 2.05) is 6.92 Å². The van der Waals surface area contributed by atoms with E-state index >= 15 is 0 Å². The third kappa shape index (κ3) is 4.65. The van der Waals surface area contributed by atoms with E-state index in [1.54, 1.807) is 11.9 Å². The third-order valence-corrected chi connectivity index (χ3v) is 2.91. The zero-order valence-electron chi connectivity index (χ0n) is 12.0. The van der Waals surface area contributed by atoms with E-state index in [0.717, 1.165) is 38.3 Å². The van der Waals surface area contributed by atoms with E-state index in [4.69, 9.17) is 0 Å². The number of hydrogen-bond acceptors (Lipinski definition) is 3. The van der Waals surface area contributed by atoms with Crippen molar-refractivity contribution in [2.24, 2.45) is 0 Å². The summed E-state index contributed by atoms with van der Waals surface area (Å²) >= 11 is 0. The number of nitrogens with one attached hydrogen (secondary N) is 1. The number of rotatable bonds is 8. The molecule has 0 aliphatic rings. The minimum absolute atomic E-state index is 0.126. The van der Waals surface area contributed by atoms with Crippen molar-refractivity contribution in [2.75, 3.05) is 30.4 Å². The molecule has 0 fully saturated rings. The fraction of sp³-hybridized carbons (Fsp3) is 0.643. The van der Waals surface area contributed by atoms with Crippen LogP contribution in [-0.2, 0) is 0 Å². The van der Waals surface area contributed by atoms with Crippen LogP contribution in [0.5, 0.6) is 0 Å². The molecule has 1 N–H and O–H groups in total. The van der Waals surface area contributed by atoms with Crippen molar-refractivity contribution >= 4 is 11.6 Å². The highest BCUT2D eigenvalue weighted by molar-refractivity contribution is 5.48. The zero-order chi connectivity index (χ0) is 14.3. The highest BCUT2D eigenvalue weighted by Gasteiger charge is 2.14. The first kappa shape index (κ1) is 15.7. The van der Waals surface area contributed by atoms with Crippen molar-refractivity contribution in [3.05, 3.63) is 17.7 Å². The summed E-state index contributed by atoms with van der Waals surface area (Å²) in [6.45, 7) is 5.43. The van der Waals surface area contributed by atoms with Gasteiger partial charge in [-0.1, -0.05) is 26.7 Å². The van der Waals surface area contributed by atoms with Crippen molar-refractivity contribution in [3.63, 3.8) is 0 Å². The van der Waals surface area contributed by atoms with E-state index in [-0.39, 0.29) is 11.6 Å². The average molecular weight is 271 g/mol. The molecule has 19 heavy (non-hydrogen) atoms. The first-order valence-electron chi connectivity index (χ1n) is 6.91. The number of nitrogens with zero attached hydrogens (tertiary/aromatic N) is 2. The van der Waals surface area contributed by atoms with Gasteiger partial charge in [0.1, 0.15) is 0 Å². The molecule has 0 aromatic carbocycles. The molecule has 0 radical (unpaired) electrons. The molecule has 0 atom stereocenters. The van der Waals surface area contributed by atoms with Crippen molar-refractivity contribution in [1.82, 2.24) is 4.98 Å². The van der Waals surface area contributed by atoms with Crippen LogP contribution in [0.1, 0.15) is 39.5 Å². The van der Waals surface area contributed by atoms with Gasteiger partial charge in [-0.05, 0) is 12.8 Å². The predicted octanol–water partition coefficient (Wildman–Crippen LogP) is 3.81. The third-order valence-electron chi connectivity index (χ3n) is 2.91. The normalized spacial score (nSPS) is 10.6. The van der Waals surface area contributed by atoms with E-state index in [9.17, 15) is 8.78 Å². The molecule has 0 bridgehead atoms. The van der Waals surface area contributed by atoms with Crippen LogP contribution in [0.25, 0.3) is 0 Å². The molecule has 0 unspecified atom stereocenters. The Morgan fingerprint density at radius 3 is 2.53 bits per heavy atom. The summed E-state index contributed by atoms with van der Waals surface area (Å²) in [5.41, 5.74) is 0. The molecule has 1 heterocycles. The minimum atomic E-state index is -0.642. The molecule has 0 spiro atoms. The summed E-state index contributed by atoms with van der Waals surface area (Å²) in [5.74, 6) is -0.924. The molecule has 3 nitrogen and oxygen atoms in total. The largest absolute Gasteiger partial charge is 0.368 e. The van der Waals surface area contributed by atoms with Gasteiger partial charge in [0, 0.05) is 26.2 Å². The van der Waals surface area contributed by atoms with Crippen molar-refractivity contribution in [1.29, 1.82) is 0 Å². The zero-order valence-corrected chi connectivity index (χ0v) is 12.0. The lowest BCUT2D eigenvalue weighted by molar-refractivity contribution is 0.570. The Hall–Kier alpha value is -1.39. The topological polar surface area (TPSA) is 28.2 Å². The van der Waals surface area contributed by atoms with Gasteiger partial charge in [0.25, 0.3) is 0 Å². The second-order valence-corrected chi connectivity index (χ2v) is 4.68. The lowest BCUT2D eigenvalue weighted by Gasteiger charge is -2.19. The minimum Gasteiger partial charge on any atom is -0.368 e. The molecule has 5 heteroatoms. The van der Waals surface area contributed by atoms with Crippen molar-refractivity contribution in [3.8, 4) is 0 Å². The molecule has 0 aliphatic heterocycles. The highest BCUT2D eigenvalue weighted by atomic mass is 19.1. The Morgan fingerprint density at radius 2 is 1.89 bits per heavy atom. The number of hydrogen-bond donors (Lipinski definition) is 1. The summed E-state index contributed by atoms with van der Waals surface area (Å²) in [5, 5.41) is 2.87. The quantitative estimate of drug-likeness (QED) is 0.729. The molecular weight excluding hydrogens is 248 g/mol. The monoisotopic (exact) mass is 271 g/mol. The lowest BCUT2D eigenvalue weighted by Crippen LogP contribution is -2.22. The summed E-state index contributed by atoms with van der Waals surface area (Å²) in [7, 11) is 1.78. The number of aromatic nitrogens is 1. The average Bonchev–Trinajstić information content (AvgIpc) is 2.38.